The van der Waals surface area contributed by atoms with Crippen LogP contribution in [0.1, 0.15) is 17.4 Å². The molecular formula is C15H20ClN3O2. The third kappa shape index (κ3) is 3.56. The predicted octanol–water partition coefficient (Wildman–Crippen LogP) is 2.19. The van der Waals surface area contributed by atoms with E-state index >= 15 is 0 Å². The van der Waals surface area contributed by atoms with Crippen molar-refractivity contribution in [3.63, 3.8) is 0 Å². The molecular weight excluding hydrogens is 290 g/mol. The molecule has 1 atom stereocenters. The average Bonchev–Trinajstić information content (AvgIpc) is 2.85. The molecule has 1 unspecified atom stereocenters. The Kier molecular flexibility index (Phi) is 5.22. The number of hydrogen-bond donors (Lipinski definition) is 1. The number of likely N-dealkylation sites (N-methyl/N-ethyl adjacent to an activating group) is 1. The van der Waals surface area contributed by atoms with E-state index < -0.39 is 6.10 Å². The number of nitrogens with zero attached hydrogens (tertiary/aromatic N) is 3. The van der Waals surface area contributed by atoms with Crippen molar-refractivity contribution in [2.45, 2.75) is 12.6 Å². The summed E-state index contributed by atoms with van der Waals surface area (Å²) in [5.41, 5.74) is 1.26. The van der Waals surface area contributed by atoms with E-state index in [-0.39, 0.29) is 0 Å². The number of methoxy groups -OCH3 is 1. The monoisotopic (exact) mass is 309 g/mol. The van der Waals surface area contributed by atoms with Gasteiger partial charge in [0, 0.05) is 12.1 Å². The number of rotatable bonds is 6. The highest BCUT2D eigenvalue weighted by molar-refractivity contribution is 6.31. The lowest BCUT2D eigenvalue weighted by Gasteiger charge is -2.18. The molecule has 0 radical (unpaired) electrons. The Labute approximate surface area is 129 Å². The van der Waals surface area contributed by atoms with E-state index in [0.717, 1.165) is 6.54 Å². The Morgan fingerprint density at radius 2 is 2.10 bits per heavy atom. The molecule has 2 rings (SSSR count). The van der Waals surface area contributed by atoms with Gasteiger partial charge in [-0.1, -0.05) is 29.8 Å². The van der Waals surface area contributed by atoms with Gasteiger partial charge in [0.1, 0.15) is 11.9 Å². The number of halogens is 1. The molecule has 1 N–H and O–H groups in total. The van der Waals surface area contributed by atoms with Gasteiger partial charge in [0.15, 0.2) is 0 Å². The fraction of sp³-hybridized carbons (Fsp3) is 0.400. The maximum absolute atomic E-state index is 10.7. The first-order valence-corrected chi connectivity index (χ1v) is 7.09. The zero-order valence-corrected chi connectivity index (χ0v) is 13.2. The van der Waals surface area contributed by atoms with Crippen LogP contribution < -0.4 is 4.74 Å². The van der Waals surface area contributed by atoms with Crippen molar-refractivity contribution in [3.05, 3.63) is 46.7 Å². The Bertz CT molecular complexity index is 598. The Balaban J connectivity index is 2.34. The van der Waals surface area contributed by atoms with Crippen molar-refractivity contribution < 1.29 is 9.84 Å². The topological polar surface area (TPSA) is 50.5 Å². The molecule has 0 saturated heterocycles. The number of aliphatic hydroxyl groups is 1. The normalized spacial score (nSPS) is 12.7. The zero-order chi connectivity index (χ0) is 15.4. The highest BCUT2D eigenvalue weighted by Gasteiger charge is 2.22. The van der Waals surface area contributed by atoms with Gasteiger partial charge >= 0.3 is 0 Å². The molecule has 114 valence electrons. The predicted molar refractivity (Wildman–Crippen MR) is 82.8 cm³/mol. The number of ether oxygens (including phenoxy) is 1. The first-order valence-electron chi connectivity index (χ1n) is 6.71. The highest BCUT2D eigenvalue weighted by Crippen LogP contribution is 2.33. The first kappa shape index (κ1) is 15.8. The molecule has 0 aliphatic heterocycles. The van der Waals surface area contributed by atoms with E-state index in [1.807, 2.05) is 38.4 Å². The summed E-state index contributed by atoms with van der Waals surface area (Å²) < 4.78 is 7.04. The first-order chi connectivity index (χ1) is 10.0. The van der Waals surface area contributed by atoms with Crippen LogP contribution in [0, 0.1) is 0 Å². The van der Waals surface area contributed by atoms with Crippen LogP contribution in [0.2, 0.25) is 5.02 Å². The van der Waals surface area contributed by atoms with Gasteiger partial charge in [-0.2, -0.15) is 5.10 Å². The number of aromatic nitrogens is 2. The number of aliphatic hydroxyl groups excluding tert-OH is 1. The van der Waals surface area contributed by atoms with E-state index in [1.54, 1.807) is 18.0 Å². The van der Waals surface area contributed by atoms with Crippen molar-refractivity contribution in [2.75, 3.05) is 27.7 Å². The van der Waals surface area contributed by atoms with Crippen LogP contribution in [-0.2, 0) is 6.54 Å². The molecule has 21 heavy (non-hydrogen) atoms. The minimum atomic E-state index is -0.877. The van der Waals surface area contributed by atoms with Crippen molar-refractivity contribution in [2.24, 2.45) is 0 Å². The minimum absolute atomic E-state index is 0.451. The molecule has 1 aromatic heterocycles. The molecule has 0 bridgehead atoms. The van der Waals surface area contributed by atoms with Crippen LogP contribution in [-0.4, -0.2) is 47.5 Å². The van der Waals surface area contributed by atoms with Crippen LogP contribution >= 0.6 is 11.6 Å². The quantitative estimate of drug-likeness (QED) is 0.888. The van der Waals surface area contributed by atoms with Gasteiger partial charge < -0.3 is 14.7 Å². The van der Waals surface area contributed by atoms with Gasteiger partial charge in [0.25, 0.3) is 0 Å². The minimum Gasteiger partial charge on any atom is -0.496 e. The second kappa shape index (κ2) is 6.93. The third-order valence-corrected chi connectivity index (χ3v) is 3.58. The fourth-order valence-electron chi connectivity index (χ4n) is 2.16. The molecule has 0 fully saturated rings. The maximum Gasteiger partial charge on any atom is 0.126 e. The highest BCUT2D eigenvalue weighted by atomic mass is 35.5. The van der Waals surface area contributed by atoms with E-state index in [9.17, 15) is 5.11 Å². The average molecular weight is 310 g/mol. The zero-order valence-electron chi connectivity index (χ0n) is 12.5. The van der Waals surface area contributed by atoms with Gasteiger partial charge in [0.2, 0.25) is 0 Å². The molecule has 1 heterocycles. The van der Waals surface area contributed by atoms with Crippen LogP contribution in [0.3, 0.4) is 0 Å². The SMILES string of the molecule is COc1ccccc1C(O)c1c(Cl)cnn1CCN(C)C. The summed E-state index contributed by atoms with van der Waals surface area (Å²) >= 11 is 6.20. The van der Waals surface area contributed by atoms with Crippen LogP contribution in [0.5, 0.6) is 5.75 Å². The summed E-state index contributed by atoms with van der Waals surface area (Å²) in [4.78, 5) is 2.05. The van der Waals surface area contributed by atoms with Gasteiger partial charge in [0.05, 0.1) is 30.6 Å². The van der Waals surface area contributed by atoms with Gasteiger partial charge in [-0.05, 0) is 20.2 Å². The smallest absolute Gasteiger partial charge is 0.126 e. The van der Waals surface area contributed by atoms with Crippen LogP contribution in [0.4, 0.5) is 0 Å². The molecule has 6 heteroatoms. The maximum atomic E-state index is 10.7. The second-order valence-corrected chi connectivity index (χ2v) is 5.46. The van der Waals surface area contributed by atoms with E-state index in [4.69, 9.17) is 16.3 Å². The number of hydrogen-bond acceptors (Lipinski definition) is 4. The standard InChI is InChI=1S/C15H20ClN3O2/c1-18(2)8-9-19-14(12(16)10-17-19)15(20)11-6-4-5-7-13(11)21-3/h4-7,10,15,20H,8-9H2,1-3H3. The Morgan fingerprint density at radius 1 is 1.38 bits per heavy atom. The summed E-state index contributed by atoms with van der Waals surface area (Å²) in [7, 11) is 5.55. The molecule has 0 amide bonds. The van der Waals surface area contributed by atoms with Crippen molar-refractivity contribution in [1.82, 2.24) is 14.7 Å². The number of para-hydroxylation sites is 1. The molecule has 0 spiro atoms. The number of benzene rings is 1. The Hall–Kier alpha value is -1.56. The largest absolute Gasteiger partial charge is 0.496 e. The summed E-state index contributed by atoms with van der Waals surface area (Å²) in [6.45, 7) is 1.46. The van der Waals surface area contributed by atoms with Crippen molar-refractivity contribution in [1.29, 1.82) is 0 Å². The van der Waals surface area contributed by atoms with Gasteiger partial charge in [-0.15, -0.1) is 0 Å². The fourth-order valence-corrected chi connectivity index (χ4v) is 2.40. The molecule has 0 aliphatic carbocycles. The Morgan fingerprint density at radius 3 is 2.76 bits per heavy atom. The van der Waals surface area contributed by atoms with Gasteiger partial charge in [-0.3, -0.25) is 4.68 Å². The summed E-state index contributed by atoms with van der Waals surface area (Å²) in [6, 6.07) is 7.35. The molecule has 0 aliphatic rings. The molecule has 5 nitrogen and oxygen atoms in total. The van der Waals surface area contributed by atoms with Crippen LogP contribution in [0.25, 0.3) is 0 Å². The summed E-state index contributed by atoms with van der Waals surface area (Å²) in [5, 5.41) is 15.4. The lowest BCUT2D eigenvalue weighted by molar-refractivity contribution is 0.201. The van der Waals surface area contributed by atoms with E-state index in [2.05, 4.69) is 10.00 Å². The van der Waals surface area contributed by atoms with Crippen molar-refractivity contribution >= 4 is 11.6 Å². The van der Waals surface area contributed by atoms with Crippen LogP contribution in [0.15, 0.2) is 30.5 Å². The second-order valence-electron chi connectivity index (χ2n) is 5.05. The molecule has 2 aromatic rings. The van der Waals surface area contributed by atoms with Crippen molar-refractivity contribution in [3.8, 4) is 5.75 Å². The summed E-state index contributed by atoms with van der Waals surface area (Å²) in [6.07, 6.45) is 0.684. The summed E-state index contributed by atoms with van der Waals surface area (Å²) in [5.74, 6) is 0.626. The van der Waals surface area contributed by atoms with E-state index in [0.29, 0.717) is 28.6 Å². The van der Waals surface area contributed by atoms with E-state index in [1.165, 1.54) is 0 Å². The molecule has 0 saturated carbocycles. The van der Waals surface area contributed by atoms with Gasteiger partial charge in [-0.25, -0.2) is 0 Å². The third-order valence-electron chi connectivity index (χ3n) is 3.28. The lowest BCUT2D eigenvalue weighted by atomic mass is 10.1. The molecule has 1 aromatic carbocycles. The lowest BCUT2D eigenvalue weighted by Crippen LogP contribution is -2.21.